The predicted molar refractivity (Wildman–Crippen MR) is 75.7 cm³/mol. The molecule has 2 N–H and O–H groups in total. The molecule has 0 saturated carbocycles. The lowest BCUT2D eigenvalue weighted by Crippen LogP contribution is -2.44. The Morgan fingerprint density at radius 3 is 2.64 bits per heavy atom. The summed E-state index contributed by atoms with van der Waals surface area (Å²) in [6.45, 7) is 3.25. The number of aromatic nitrogens is 4. The van der Waals surface area contributed by atoms with E-state index in [1.54, 1.807) is 19.9 Å². The molecule has 0 aliphatic heterocycles. The molecule has 0 spiro atoms. The number of carboxylic acid groups (broad SMARTS) is 1. The maximum Gasteiger partial charge on any atom is 0.322 e. The van der Waals surface area contributed by atoms with Gasteiger partial charge >= 0.3 is 5.97 Å². The summed E-state index contributed by atoms with van der Waals surface area (Å²) in [6.07, 6.45) is 1.33. The van der Waals surface area contributed by atoms with Crippen LogP contribution in [0.4, 0.5) is 0 Å². The van der Waals surface area contributed by atoms with E-state index in [0.717, 1.165) is 0 Å². The van der Waals surface area contributed by atoms with Crippen LogP contribution in [0.25, 0.3) is 5.69 Å². The lowest BCUT2D eigenvalue weighted by atomic mass is 10.1. The SMILES string of the molecule is CC(C)[C@H](NS(=O)(=O)c1cccc(-n2cnnn2)c1)C(=O)O. The number of hydrogen-bond donors (Lipinski definition) is 2. The summed E-state index contributed by atoms with van der Waals surface area (Å²) < 4.78 is 28.2. The van der Waals surface area contributed by atoms with Gasteiger partial charge in [-0.15, -0.1) is 5.10 Å². The topological polar surface area (TPSA) is 127 Å². The monoisotopic (exact) mass is 325 g/mol. The van der Waals surface area contributed by atoms with Crippen LogP contribution in [0.15, 0.2) is 35.5 Å². The van der Waals surface area contributed by atoms with Gasteiger partial charge in [0.2, 0.25) is 10.0 Å². The number of tetrazole rings is 1. The molecule has 0 aliphatic rings. The second kappa shape index (κ2) is 6.20. The first-order chi connectivity index (χ1) is 10.3. The summed E-state index contributed by atoms with van der Waals surface area (Å²) in [5, 5.41) is 19.7. The summed E-state index contributed by atoms with van der Waals surface area (Å²) in [4.78, 5) is 11.1. The van der Waals surface area contributed by atoms with Crippen LogP contribution in [0.5, 0.6) is 0 Å². The molecule has 22 heavy (non-hydrogen) atoms. The number of sulfonamides is 1. The van der Waals surface area contributed by atoms with E-state index < -0.39 is 28.0 Å². The average molecular weight is 325 g/mol. The highest BCUT2D eigenvalue weighted by Crippen LogP contribution is 2.15. The molecular weight excluding hydrogens is 310 g/mol. The Balaban J connectivity index is 2.34. The number of benzene rings is 1. The lowest BCUT2D eigenvalue weighted by Gasteiger charge is -2.18. The van der Waals surface area contributed by atoms with Crippen molar-refractivity contribution in [1.29, 1.82) is 0 Å². The number of aliphatic carboxylic acids is 1. The summed E-state index contributed by atoms with van der Waals surface area (Å²) in [5.41, 5.74) is 0.448. The Labute approximate surface area is 127 Å². The van der Waals surface area contributed by atoms with Crippen LogP contribution >= 0.6 is 0 Å². The fourth-order valence-electron chi connectivity index (χ4n) is 1.78. The van der Waals surface area contributed by atoms with Crippen LogP contribution in [0.3, 0.4) is 0 Å². The molecule has 0 bridgehead atoms. The molecule has 0 saturated heterocycles. The van der Waals surface area contributed by atoms with Crippen molar-refractivity contribution in [3.8, 4) is 5.69 Å². The van der Waals surface area contributed by atoms with Crippen molar-refractivity contribution < 1.29 is 18.3 Å². The fourth-order valence-corrected chi connectivity index (χ4v) is 3.16. The summed E-state index contributed by atoms with van der Waals surface area (Å²) in [6, 6.07) is 4.68. The summed E-state index contributed by atoms with van der Waals surface area (Å²) in [5.74, 6) is -1.62. The van der Waals surface area contributed by atoms with Gasteiger partial charge in [0.25, 0.3) is 0 Å². The number of nitrogens with zero attached hydrogens (tertiary/aromatic N) is 4. The van der Waals surface area contributed by atoms with E-state index in [-0.39, 0.29) is 4.90 Å². The predicted octanol–water partition coefficient (Wildman–Crippen LogP) is 0.0498. The van der Waals surface area contributed by atoms with Gasteiger partial charge in [0.1, 0.15) is 12.4 Å². The lowest BCUT2D eigenvalue weighted by molar-refractivity contribution is -0.140. The van der Waals surface area contributed by atoms with Crippen molar-refractivity contribution in [2.75, 3.05) is 0 Å². The van der Waals surface area contributed by atoms with Crippen molar-refractivity contribution in [3.63, 3.8) is 0 Å². The third-order valence-electron chi connectivity index (χ3n) is 2.96. The Kier molecular flexibility index (Phi) is 4.52. The maximum atomic E-state index is 12.3. The van der Waals surface area contributed by atoms with Gasteiger partial charge in [-0.25, -0.2) is 13.1 Å². The zero-order chi connectivity index (χ0) is 16.3. The molecule has 9 nitrogen and oxygen atoms in total. The molecule has 1 aromatic heterocycles. The smallest absolute Gasteiger partial charge is 0.322 e. The second-order valence-corrected chi connectivity index (χ2v) is 6.65. The Bertz CT molecular complexity index is 758. The van der Waals surface area contributed by atoms with E-state index in [0.29, 0.717) is 5.69 Å². The zero-order valence-electron chi connectivity index (χ0n) is 11.9. The molecule has 0 aliphatic carbocycles. The summed E-state index contributed by atoms with van der Waals surface area (Å²) in [7, 11) is -3.98. The fraction of sp³-hybridized carbons (Fsp3) is 0.333. The number of carbonyl (C=O) groups is 1. The second-order valence-electron chi connectivity index (χ2n) is 4.93. The molecule has 10 heteroatoms. The van der Waals surface area contributed by atoms with Gasteiger partial charge in [-0.1, -0.05) is 19.9 Å². The van der Waals surface area contributed by atoms with Crippen LogP contribution in [0.2, 0.25) is 0 Å². The first kappa shape index (κ1) is 16.0. The molecule has 1 atom stereocenters. The Morgan fingerprint density at radius 1 is 1.36 bits per heavy atom. The average Bonchev–Trinajstić information content (AvgIpc) is 2.98. The molecule has 118 valence electrons. The van der Waals surface area contributed by atoms with Gasteiger partial charge in [0.05, 0.1) is 10.6 Å². The van der Waals surface area contributed by atoms with Crippen LogP contribution < -0.4 is 4.72 Å². The molecule has 1 heterocycles. The van der Waals surface area contributed by atoms with E-state index in [1.165, 1.54) is 29.2 Å². The third kappa shape index (κ3) is 3.46. The Morgan fingerprint density at radius 2 is 2.09 bits per heavy atom. The van der Waals surface area contributed by atoms with E-state index in [2.05, 4.69) is 20.2 Å². The van der Waals surface area contributed by atoms with Crippen LogP contribution in [-0.4, -0.2) is 45.7 Å². The molecule has 0 radical (unpaired) electrons. The Hall–Kier alpha value is -2.33. The van der Waals surface area contributed by atoms with Crippen LogP contribution in [-0.2, 0) is 14.8 Å². The minimum Gasteiger partial charge on any atom is -0.480 e. The largest absolute Gasteiger partial charge is 0.480 e. The van der Waals surface area contributed by atoms with E-state index in [9.17, 15) is 13.2 Å². The molecule has 0 amide bonds. The minimum atomic E-state index is -3.98. The molecule has 0 unspecified atom stereocenters. The van der Waals surface area contributed by atoms with E-state index >= 15 is 0 Å². The van der Waals surface area contributed by atoms with Crippen molar-refractivity contribution in [2.24, 2.45) is 5.92 Å². The normalized spacial score (nSPS) is 13.2. The first-order valence-corrected chi connectivity index (χ1v) is 7.88. The van der Waals surface area contributed by atoms with Gasteiger partial charge in [0, 0.05) is 0 Å². The van der Waals surface area contributed by atoms with Gasteiger partial charge in [-0.2, -0.15) is 4.72 Å². The van der Waals surface area contributed by atoms with Crippen molar-refractivity contribution in [2.45, 2.75) is 24.8 Å². The third-order valence-corrected chi connectivity index (χ3v) is 4.40. The molecule has 0 fully saturated rings. The van der Waals surface area contributed by atoms with Crippen molar-refractivity contribution in [3.05, 3.63) is 30.6 Å². The van der Waals surface area contributed by atoms with Gasteiger partial charge in [-0.05, 0) is 34.5 Å². The number of rotatable bonds is 6. The van der Waals surface area contributed by atoms with Gasteiger partial charge in [0.15, 0.2) is 0 Å². The molecule has 1 aromatic carbocycles. The van der Waals surface area contributed by atoms with Crippen molar-refractivity contribution in [1.82, 2.24) is 24.9 Å². The van der Waals surface area contributed by atoms with E-state index in [4.69, 9.17) is 5.11 Å². The molecule has 2 aromatic rings. The highest BCUT2D eigenvalue weighted by Gasteiger charge is 2.28. The maximum absolute atomic E-state index is 12.3. The molecular formula is C12H15N5O4S. The first-order valence-electron chi connectivity index (χ1n) is 6.40. The minimum absolute atomic E-state index is 0.0626. The van der Waals surface area contributed by atoms with Gasteiger partial charge < -0.3 is 5.11 Å². The quantitative estimate of drug-likeness (QED) is 0.768. The highest BCUT2D eigenvalue weighted by atomic mass is 32.2. The zero-order valence-corrected chi connectivity index (χ0v) is 12.7. The summed E-state index contributed by atoms with van der Waals surface area (Å²) >= 11 is 0. The van der Waals surface area contributed by atoms with Crippen LogP contribution in [0.1, 0.15) is 13.8 Å². The van der Waals surface area contributed by atoms with Crippen LogP contribution in [0, 0.1) is 5.92 Å². The number of nitrogens with one attached hydrogen (secondary N) is 1. The van der Waals surface area contributed by atoms with Gasteiger partial charge in [-0.3, -0.25) is 4.79 Å². The molecule has 2 rings (SSSR count). The standard InChI is InChI=1S/C12H15N5O4S/c1-8(2)11(12(18)19)14-22(20,21)10-5-3-4-9(6-10)17-7-13-15-16-17/h3-8,11,14H,1-2H3,(H,18,19)/t11-/m0/s1. The highest BCUT2D eigenvalue weighted by molar-refractivity contribution is 7.89. The van der Waals surface area contributed by atoms with E-state index in [1.807, 2.05) is 0 Å². The number of hydrogen-bond acceptors (Lipinski definition) is 6. The van der Waals surface area contributed by atoms with Crippen molar-refractivity contribution >= 4 is 16.0 Å². The number of carboxylic acids is 1.